The third kappa shape index (κ3) is 3.24. The molecule has 0 aromatic carbocycles. The van der Waals surface area contributed by atoms with E-state index >= 15 is 0 Å². The number of rotatable bonds is 5. The highest BCUT2D eigenvalue weighted by Crippen LogP contribution is 2.23. The van der Waals surface area contributed by atoms with Crippen molar-refractivity contribution in [3.63, 3.8) is 0 Å². The van der Waals surface area contributed by atoms with Crippen molar-refractivity contribution in [1.82, 2.24) is 15.1 Å². The number of aryl methyl sites for hydroxylation is 2. The fraction of sp³-hybridized carbons (Fsp3) is 0.500. The van der Waals surface area contributed by atoms with Gasteiger partial charge in [0.25, 0.3) is 0 Å². The summed E-state index contributed by atoms with van der Waals surface area (Å²) in [5.41, 5.74) is 0.0685. The van der Waals surface area contributed by atoms with Crippen molar-refractivity contribution in [2.24, 2.45) is 7.05 Å². The third-order valence-electron chi connectivity index (χ3n) is 3.25. The second kappa shape index (κ2) is 5.19. The average Bonchev–Trinajstić information content (AvgIpc) is 2.95. The first kappa shape index (κ1) is 13.8. The minimum Gasteiger partial charge on any atom is -0.463 e. The number of furan rings is 1. The van der Waals surface area contributed by atoms with E-state index in [4.69, 9.17) is 4.42 Å². The molecule has 2 N–H and O–H groups in total. The van der Waals surface area contributed by atoms with Crippen molar-refractivity contribution >= 4 is 0 Å². The van der Waals surface area contributed by atoms with E-state index in [0.717, 1.165) is 11.3 Å². The number of nitrogens with one attached hydrogen (secondary N) is 1. The van der Waals surface area contributed by atoms with Crippen LogP contribution in [0.15, 0.2) is 28.9 Å². The summed E-state index contributed by atoms with van der Waals surface area (Å²) >= 11 is 0. The van der Waals surface area contributed by atoms with Crippen LogP contribution in [0.1, 0.15) is 37.0 Å². The Labute approximate surface area is 113 Å². The van der Waals surface area contributed by atoms with Crippen molar-refractivity contribution in [2.75, 3.05) is 6.54 Å². The molecule has 2 atom stereocenters. The quantitative estimate of drug-likeness (QED) is 0.864. The monoisotopic (exact) mass is 263 g/mol. The maximum Gasteiger partial charge on any atom is 0.136 e. The van der Waals surface area contributed by atoms with Gasteiger partial charge in [-0.15, -0.1) is 0 Å². The molecule has 2 aromatic rings. The summed E-state index contributed by atoms with van der Waals surface area (Å²) in [6, 6.07) is 3.79. The van der Waals surface area contributed by atoms with Gasteiger partial charge >= 0.3 is 0 Å². The Morgan fingerprint density at radius 3 is 2.79 bits per heavy atom. The van der Waals surface area contributed by atoms with Crippen LogP contribution in [0.5, 0.6) is 0 Å². The summed E-state index contributed by atoms with van der Waals surface area (Å²) in [4.78, 5) is 0. The van der Waals surface area contributed by atoms with E-state index in [0.29, 0.717) is 12.3 Å². The van der Waals surface area contributed by atoms with Crippen LogP contribution < -0.4 is 5.32 Å². The van der Waals surface area contributed by atoms with Gasteiger partial charge in [-0.3, -0.25) is 4.68 Å². The summed E-state index contributed by atoms with van der Waals surface area (Å²) < 4.78 is 7.25. The normalized spacial score (nSPS) is 16.3. The van der Waals surface area contributed by atoms with Crippen LogP contribution in [0, 0.1) is 6.92 Å². The zero-order valence-electron chi connectivity index (χ0n) is 11.8. The molecular weight excluding hydrogens is 242 g/mol. The van der Waals surface area contributed by atoms with Gasteiger partial charge in [-0.2, -0.15) is 5.10 Å². The summed E-state index contributed by atoms with van der Waals surface area (Å²) in [5, 5.41) is 17.9. The molecular formula is C14H21N3O2. The highest BCUT2D eigenvalue weighted by atomic mass is 16.4. The largest absolute Gasteiger partial charge is 0.463 e. The summed E-state index contributed by atoms with van der Waals surface area (Å²) in [7, 11) is 1.89. The first-order valence-corrected chi connectivity index (χ1v) is 6.40. The van der Waals surface area contributed by atoms with Gasteiger partial charge in [0.2, 0.25) is 0 Å². The highest BCUT2D eigenvalue weighted by Gasteiger charge is 2.27. The summed E-state index contributed by atoms with van der Waals surface area (Å²) in [5.74, 6) is 1.38. The van der Waals surface area contributed by atoms with E-state index in [1.807, 2.05) is 45.4 Å². The second-order valence-electron chi connectivity index (χ2n) is 5.23. The van der Waals surface area contributed by atoms with E-state index in [9.17, 15) is 5.11 Å². The zero-order chi connectivity index (χ0) is 14.0. The van der Waals surface area contributed by atoms with Crippen molar-refractivity contribution < 1.29 is 9.52 Å². The van der Waals surface area contributed by atoms with Crippen molar-refractivity contribution in [2.45, 2.75) is 32.4 Å². The Morgan fingerprint density at radius 2 is 2.26 bits per heavy atom. The van der Waals surface area contributed by atoms with Gasteiger partial charge in [-0.25, -0.2) is 0 Å². The van der Waals surface area contributed by atoms with E-state index in [1.165, 1.54) is 0 Å². The van der Waals surface area contributed by atoms with Crippen LogP contribution in [-0.4, -0.2) is 21.4 Å². The SMILES string of the molecule is Cc1ccc(C(C)(O)CNC(C)c2cnn(C)c2)o1. The molecule has 2 rings (SSSR count). The van der Waals surface area contributed by atoms with Crippen LogP contribution in [0.2, 0.25) is 0 Å². The Hall–Kier alpha value is -1.59. The molecule has 5 nitrogen and oxygen atoms in total. The molecule has 5 heteroatoms. The molecule has 2 heterocycles. The molecule has 0 bridgehead atoms. The highest BCUT2D eigenvalue weighted by molar-refractivity contribution is 5.14. The number of hydrogen-bond donors (Lipinski definition) is 2. The molecule has 0 radical (unpaired) electrons. The van der Waals surface area contributed by atoms with E-state index in [1.54, 1.807) is 11.6 Å². The Kier molecular flexibility index (Phi) is 3.78. The van der Waals surface area contributed by atoms with E-state index in [-0.39, 0.29) is 6.04 Å². The summed E-state index contributed by atoms with van der Waals surface area (Å²) in [6.45, 7) is 6.07. The van der Waals surface area contributed by atoms with Gasteiger partial charge in [-0.05, 0) is 32.9 Å². The standard InChI is InChI=1S/C14H21N3O2/c1-10-5-6-13(19-10)14(3,18)9-15-11(2)12-7-16-17(4)8-12/h5-8,11,15,18H,9H2,1-4H3. The van der Waals surface area contributed by atoms with Crippen LogP contribution in [0.25, 0.3) is 0 Å². The molecule has 0 saturated carbocycles. The lowest BCUT2D eigenvalue weighted by Gasteiger charge is -2.23. The predicted molar refractivity (Wildman–Crippen MR) is 72.6 cm³/mol. The van der Waals surface area contributed by atoms with E-state index in [2.05, 4.69) is 10.4 Å². The van der Waals surface area contributed by atoms with Gasteiger partial charge in [0.15, 0.2) is 0 Å². The molecule has 0 spiro atoms. The van der Waals surface area contributed by atoms with Gasteiger partial charge in [-0.1, -0.05) is 0 Å². The molecule has 104 valence electrons. The summed E-state index contributed by atoms with van der Waals surface area (Å²) in [6.07, 6.45) is 3.78. The minimum absolute atomic E-state index is 0.122. The molecule has 0 amide bonds. The lowest BCUT2D eigenvalue weighted by molar-refractivity contribution is 0.0313. The number of hydrogen-bond acceptors (Lipinski definition) is 4. The maximum atomic E-state index is 10.4. The Morgan fingerprint density at radius 1 is 1.53 bits per heavy atom. The molecule has 19 heavy (non-hydrogen) atoms. The van der Waals surface area contributed by atoms with Crippen molar-refractivity contribution in [3.8, 4) is 0 Å². The third-order valence-corrected chi connectivity index (χ3v) is 3.25. The van der Waals surface area contributed by atoms with Crippen LogP contribution in [-0.2, 0) is 12.6 Å². The van der Waals surface area contributed by atoms with Gasteiger partial charge < -0.3 is 14.8 Å². The lowest BCUT2D eigenvalue weighted by Crippen LogP contribution is -2.36. The van der Waals surface area contributed by atoms with Crippen LogP contribution in [0.4, 0.5) is 0 Å². The molecule has 0 saturated heterocycles. The lowest BCUT2D eigenvalue weighted by atomic mass is 10.0. The smallest absolute Gasteiger partial charge is 0.136 e. The predicted octanol–water partition coefficient (Wildman–Crippen LogP) is 1.88. The fourth-order valence-electron chi connectivity index (χ4n) is 1.94. The van der Waals surface area contributed by atoms with Gasteiger partial charge in [0.1, 0.15) is 17.1 Å². The Bertz CT molecular complexity index is 542. The van der Waals surface area contributed by atoms with E-state index < -0.39 is 5.60 Å². The van der Waals surface area contributed by atoms with Gasteiger partial charge in [0.05, 0.1) is 6.20 Å². The topological polar surface area (TPSA) is 63.2 Å². The number of nitrogens with zero attached hydrogens (tertiary/aromatic N) is 2. The number of aromatic nitrogens is 2. The average molecular weight is 263 g/mol. The molecule has 0 aliphatic carbocycles. The molecule has 2 aromatic heterocycles. The van der Waals surface area contributed by atoms with Crippen molar-refractivity contribution in [1.29, 1.82) is 0 Å². The molecule has 0 aliphatic rings. The van der Waals surface area contributed by atoms with Gasteiger partial charge in [0, 0.05) is 31.4 Å². The molecule has 0 aliphatic heterocycles. The Balaban J connectivity index is 1.97. The maximum absolute atomic E-state index is 10.4. The first-order valence-electron chi connectivity index (χ1n) is 6.40. The second-order valence-corrected chi connectivity index (χ2v) is 5.23. The first-order chi connectivity index (χ1) is 8.88. The molecule has 0 fully saturated rings. The zero-order valence-corrected chi connectivity index (χ0v) is 11.8. The van der Waals surface area contributed by atoms with Crippen molar-refractivity contribution in [3.05, 3.63) is 41.6 Å². The van der Waals surface area contributed by atoms with Crippen LogP contribution >= 0.6 is 0 Å². The number of aliphatic hydroxyl groups is 1. The fourth-order valence-corrected chi connectivity index (χ4v) is 1.94. The molecule has 2 unspecified atom stereocenters. The van der Waals surface area contributed by atoms with Crippen LogP contribution in [0.3, 0.4) is 0 Å². The minimum atomic E-state index is -1.02.